The van der Waals surface area contributed by atoms with Crippen LogP contribution >= 0.6 is 0 Å². The number of H-pyrrole nitrogens is 1. The van der Waals surface area contributed by atoms with Crippen molar-refractivity contribution in [3.63, 3.8) is 0 Å². The molecule has 2 aromatic heterocycles. The SMILES string of the molecule is Cc1cc(C(=O)NCCc2nc3ccccc3[nH]2)c(=N)n(C(=N)C2CC2)c1.[HH].[HH]. The zero-order chi connectivity index (χ0) is 19.0. The molecule has 1 aliphatic carbocycles. The fourth-order valence-electron chi connectivity index (χ4n) is 3.16. The minimum Gasteiger partial charge on any atom is -0.351 e. The van der Waals surface area contributed by atoms with Crippen LogP contribution in [0.4, 0.5) is 0 Å². The third-order valence-electron chi connectivity index (χ3n) is 4.75. The van der Waals surface area contributed by atoms with Crippen LogP contribution in [0.2, 0.25) is 0 Å². The Hall–Kier alpha value is -3.22. The number of amides is 1. The summed E-state index contributed by atoms with van der Waals surface area (Å²) in [5.74, 6) is 1.14. The number of imidazole rings is 1. The van der Waals surface area contributed by atoms with Crippen molar-refractivity contribution in [1.29, 1.82) is 10.8 Å². The van der Waals surface area contributed by atoms with Crippen LogP contribution in [-0.2, 0) is 6.42 Å². The maximum atomic E-state index is 12.6. The second-order valence-corrected chi connectivity index (χ2v) is 7.02. The zero-order valence-electron chi connectivity index (χ0n) is 15.2. The molecule has 0 unspecified atom stereocenters. The van der Waals surface area contributed by atoms with Crippen LogP contribution in [0.5, 0.6) is 0 Å². The average molecular weight is 366 g/mol. The minimum atomic E-state index is -0.294. The maximum absolute atomic E-state index is 12.6. The summed E-state index contributed by atoms with van der Waals surface area (Å²) in [4.78, 5) is 20.3. The van der Waals surface area contributed by atoms with Crippen molar-refractivity contribution >= 4 is 22.8 Å². The van der Waals surface area contributed by atoms with E-state index < -0.39 is 0 Å². The number of rotatable bonds is 5. The van der Waals surface area contributed by atoms with Crippen LogP contribution in [0.25, 0.3) is 11.0 Å². The molecule has 4 rings (SSSR count). The van der Waals surface area contributed by atoms with Crippen LogP contribution in [0.15, 0.2) is 36.5 Å². The highest BCUT2D eigenvalue weighted by atomic mass is 16.1. The summed E-state index contributed by atoms with van der Waals surface area (Å²) in [6, 6.07) is 9.51. The van der Waals surface area contributed by atoms with Crippen LogP contribution in [0.3, 0.4) is 0 Å². The summed E-state index contributed by atoms with van der Waals surface area (Å²) in [5.41, 5.74) is 3.11. The van der Waals surface area contributed by atoms with E-state index in [1.807, 2.05) is 31.2 Å². The Morgan fingerprint density at radius 2 is 2.19 bits per heavy atom. The lowest BCUT2D eigenvalue weighted by Crippen LogP contribution is -2.37. The number of fused-ring (bicyclic) bond motifs is 1. The number of nitrogens with zero attached hydrogens (tertiary/aromatic N) is 2. The van der Waals surface area contributed by atoms with Crippen LogP contribution in [0.1, 0.15) is 37.4 Å². The van der Waals surface area contributed by atoms with Crippen molar-refractivity contribution in [2.75, 3.05) is 6.54 Å². The molecule has 1 fully saturated rings. The highest BCUT2D eigenvalue weighted by Gasteiger charge is 2.28. The minimum absolute atomic E-state index is 0. The van der Waals surface area contributed by atoms with Gasteiger partial charge in [0.25, 0.3) is 5.91 Å². The number of aryl methyl sites for hydroxylation is 1. The molecule has 4 N–H and O–H groups in total. The topological polar surface area (TPSA) is 110 Å². The van der Waals surface area contributed by atoms with Gasteiger partial charge in [0, 0.05) is 27.9 Å². The van der Waals surface area contributed by atoms with Gasteiger partial charge in [-0.1, -0.05) is 12.1 Å². The number of benzene rings is 1. The molecular formula is C20H26N6O. The summed E-state index contributed by atoms with van der Waals surface area (Å²) in [5, 5.41) is 19.4. The van der Waals surface area contributed by atoms with E-state index in [0.29, 0.717) is 24.4 Å². The van der Waals surface area contributed by atoms with Gasteiger partial charge >= 0.3 is 0 Å². The Labute approximate surface area is 159 Å². The molecule has 2 heterocycles. The van der Waals surface area contributed by atoms with Crippen LogP contribution < -0.4 is 10.8 Å². The number of nitrogens with one attached hydrogen (secondary N) is 4. The van der Waals surface area contributed by atoms with Gasteiger partial charge in [0.2, 0.25) is 0 Å². The summed E-state index contributed by atoms with van der Waals surface area (Å²) < 4.78 is 1.53. The Kier molecular flexibility index (Phi) is 4.35. The first kappa shape index (κ1) is 17.2. The lowest BCUT2D eigenvalue weighted by molar-refractivity contribution is 0.0951. The zero-order valence-corrected chi connectivity index (χ0v) is 15.2. The quantitative estimate of drug-likeness (QED) is 0.411. The average Bonchev–Trinajstić information content (AvgIpc) is 3.42. The molecule has 27 heavy (non-hydrogen) atoms. The van der Waals surface area contributed by atoms with E-state index in [4.69, 9.17) is 10.8 Å². The van der Waals surface area contributed by atoms with E-state index >= 15 is 0 Å². The molecule has 7 heteroatoms. The fraction of sp³-hybridized carbons (Fsp3) is 0.300. The van der Waals surface area contributed by atoms with Crippen LogP contribution in [0, 0.1) is 23.7 Å². The highest BCUT2D eigenvalue weighted by Crippen LogP contribution is 2.30. The molecule has 1 aromatic carbocycles. The van der Waals surface area contributed by atoms with E-state index in [1.54, 1.807) is 12.3 Å². The van der Waals surface area contributed by atoms with E-state index in [2.05, 4.69) is 15.3 Å². The van der Waals surface area contributed by atoms with Crippen molar-refractivity contribution < 1.29 is 7.65 Å². The monoisotopic (exact) mass is 366 g/mol. The Balaban J connectivity index is 0.00000150. The predicted octanol–water partition coefficient (Wildman–Crippen LogP) is 2.85. The van der Waals surface area contributed by atoms with E-state index in [-0.39, 0.29) is 20.2 Å². The number of pyridine rings is 1. The third kappa shape index (κ3) is 3.53. The molecule has 0 radical (unpaired) electrons. The first-order valence-electron chi connectivity index (χ1n) is 9.11. The predicted molar refractivity (Wildman–Crippen MR) is 107 cm³/mol. The Morgan fingerprint density at radius 3 is 2.93 bits per heavy atom. The van der Waals surface area contributed by atoms with Gasteiger partial charge in [-0.15, -0.1) is 0 Å². The van der Waals surface area contributed by atoms with Crippen molar-refractivity contribution in [2.45, 2.75) is 26.2 Å². The fourth-order valence-corrected chi connectivity index (χ4v) is 3.16. The van der Waals surface area contributed by atoms with Gasteiger partial charge < -0.3 is 10.3 Å². The molecule has 1 amide bonds. The van der Waals surface area contributed by atoms with E-state index in [9.17, 15) is 4.79 Å². The number of hydrogen-bond donors (Lipinski definition) is 4. The van der Waals surface area contributed by atoms with Gasteiger partial charge in [0.15, 0.2) is 0 Å². The number of para-hydroxylation sites is 2. The van der Waals surface area contributed by atoms with Crippen molar-refractivity contribution in [1.82, 2.24) is 19.9 Å². The first-order valence-corrected chi connectivity index (χ1v) is 9.11. The lowest BCUT2D eigenvalue weighted by atomic mass is 10.2. The second kappa shape index (κ2) is 6.83. The smallest absolute Gasteiger partial charge is 0.255 e. The normalized spacial score (nSPS) is 13.7. The molecule has 0 bridgehead atoms. The number of aromatic amines is 1. The Morgan fingerprint density at radius 1 is 1.41 bits per heavy atom. The third-order valence-corrected chi connectivity index (χ3v) is 4.75. The summed E-state index contributed by atoms with van der Waals surface area (Å²) in [6.07, 6.45) is 4.31. The number of carbonyl (C=O) groups is 1. The summed E-state index contributed by atoms with van der Waals surface area (Å²) in [6.45, 7) is 2.30. The standard InChI is InChI=1S/C20H22N6O.2H2/c1-12-10-14(19(22)26(11-12)18(21)13-6-7-13)20(27)23-9-8-17-24-15-4-2-3-5-16(15)25-17;;/h2-5,10-11,13,21-22H,6-9H2,1H3,(H,23,27)(H,24,25);2*1H. The first-order chi connectivity index (χ1) is 13.0. The molecule has 0 atom stereocenters. The number of aromatic nitrogens is 3. The Bertz CT molecular complexity index is 1070. The molecule has 3 aromatic rings. The molecule has 1 saturated carbocycles. The molecule has 142 valence electrons. The van der Waals surface area contributed by atoms with Crippen molar-refractivity contribution in [2.24, 2.45) is 5.92 Å². The van der Waals surface area contributed by atoms with Gasteiger partial charge in [0.05, 0.1) is 16.6 Å². The highest BCUT2D eigenvalue weighted by molar-refractivity contribution is 5.95. The number of carbonyl (C=O) groups excluding carboxylic acids is 1. The van der Waals surface area contributed by atoms with Gasteiger partial charge in [-0.25, -0.2) is 4.98 Å². The second-order valence-electron chi connectivity index (χ2n) is 7.02. The van der Waals surface area contributed by atoms with Gasteiger partial charge in [-0.2, -0.15) is 0 Å². The lowest BCUT2D eigenvalue weighted by Gasteiger charge is -2.12. The molecule has 1 aliphatic rings. The van der Waals surface area contributed by atoms with Crippen molar-refractivity contribution in [3.05, 3.63) is 59.0 Å². The molecular weight excluding hydrogens is 340 g/mol. The molecule has 0 saturated heterocycles. The molecule has 0 spiro atoms. The van der Waals surface area contributed by atoms with Gasteiger partial charge in [0.1, 0.15) is 17.1 Å². The number of hydrogen-bond acceptors (Lipinski definition) is 4. The molecule has 7 nitrogen and oxygen atoms in total. The van der Waals surface area contributed by atoms with Gasteiger partial charge in [-0.3, -0.25) is 20.2 Å². The maximum Gasteiger partial charge on any atom is 0.255 e. The molecule has 0 aliphatic heterocycles. The summed E-state index contributed by atoms with van der Waals surface area (Å²) in [7, 11) is 0. The van der Waals surface area contributed by atoms with Crippen LogP contribution in [-0.4, -0.2) is 32.8 Å². The van der Waals surface area contributed by atoms with E-state index in [0.717, 1.165) is 35.3 Å². The summed E-state index contributed by atoms with van der Waals surface area (Å²) >= 11 is 0. The van der Waals surface area contributed by atoms with Crippen molar-refractivity contribution in [3.8, 4) is 0 Å². The van der Waals surface area contributed by atoms with Gasteiger partial charge in [-0.05, 0) is 43.5 Å². The largest absolute Gasteiger partial charge is 0.351 e. The van der Waals surface area contributed by atoms with E-state index in [1.165, 1.54) is 4.57 Å².